The monoisotopic (exact) mass is 317 g/mol. The van der Waals surface area contributed by atoms with E-state index in [1.165, 1.54) is 5.56 Å². The summed E-state index contributed by atoms with van der Waals surface area (Å²) in [5.41, 5.74) is 1.21. The number of hydrogen-bond donors (Lipinski definition) is 1. The van der Waals surface area contributed by atoms with Gasteiger partial charge in [-0.2, -0.15) is 0 Å². The number of carbonyl (C=O) groups excluding carboxylic acids is 2. The molecule has 6 nitrogen and oxygen atoms in total. The molecule has 2 amide bonds. The van der Waals surface area contributed by atoms with E-state index in [9.17, 15) is 9.59 Å². The van der Waals surface area contributed by atoms with Gasteiger partial charge >= 0.3 is 0 Å². The van der Waals surface area contributed by atoms with Gasteiger partial charge in [0.1, 0.15) is 6.61 Å². The van der Waals surface area contributed by atoms with Crippen molar-refractivity contribution >= 4 is 11.8 Å². The SMILES string of the molecule is CN1CC[C@@H](NC(=O)CN2CCOCC2=O)[C@@H]1c1ccccc1. The average Bonchev–Trinajstić information content (AvgIpc) is 2.91. The Morgan fingerprint density at radius 2 is 2.09 bits per heavy atom. The summed E-state index contributed by atoms with van der Waals surface area (Å²) in [6.07, 6.45) is 0.916. The number of likely N-dealkylation sites (tertiary alicyclic amines) is 1. The van der Waals surface area contributed by atoms with Crippen LogP contribution in [0.4, 0.5) is 0 Å². The number of benzene rings is 1. The second-order valence-electron chi connectivity index (χ2n) is 6.17. The van der Waals surface area contributed by atoms with Crippen molar-refractivity contribution in [3.05, 3.63) is 35.9 Å². The second-order valence-corrected chi connectivity index (χ2v) is 6.17. The highest BCUT2D eigenvalue weighted by Crippen LogP contribution is 2.30. The van der Waals surface area contributed by atoms with Crippen LogP contribution in [0.25, 0.3) is 0 Å². The summed E-state index contributed by atoms with van der Waals surface area (Å²) in [4.78, 5) is 27.9. The lowest BCUT2D eigenvalue weighted by Gasteiger charge is -2.29. The van der Waals surface area contributed by atoms with E-state index in [0.29, 0.717) is 13.2 Å². The van der Waals surface area contributed by atoms with Gasteiger partial charge in [-0.3, -0.25) is 14.5 Å². The van der Waals surface area contributed by atoms with Crippen LogP contribution in [0.3, 0.4) is 0 Å². The molecule has 2 atom stereocenters. The van der Waals surface area contributed by atoms with E-state index < -0.39 is 0 Å². The van der Waals surface area contributed by atoms with E-state index in [0.717, 1.165) is 13.0 Å². The van der Waals surface area contributed by atoms with Crippen molar-refractivity contribution in [1.29, 1.82) is 0 Å². The van der Waals surface area contributed by atoms with Gasteiger partial charge in [-0.15, -0.1) is 0 Å². The van der Waals surface area contributed by atoms with E-state index in [-0.39, 0.29) is 37.0 Å². The van der Waals surface area contributed by atoms with Crippen LogP contribution in [0, 0.1) is 0 Å². The minimum absolute atomic E-state index is 0.0750. The molecule has 1 aromatic rings. The predicted octanol–water partition coefficient (Wildman–Crippen LogP) is 0.407. The first kappa shape index (κ1) is 16.0. The first-order valence-electron chi connectivity index (χ1n) is 8.05. The summed E-state index contributed by atoms with van der Waals surface area (Å²) >= 11 is 0. The van der Waals surface area contributed by atoms with Gasteiger partial charge in [0.25, 0.3) is 0 Å². The molecule has 2 aliphatic heterocycles. The highest BCUT2D eigenvalue weighted by molar-refractivity contribution is 5.85. The first-order chi connectivity index (χ1) is 11.1. The molecule has 2 heterocycles. The van der Waals surface area contributed by atoms with Gasteiger partial charge in [0.2, 0.25) is 11.8 Å². The van der Waals surface area contributed by atoms with Crippen molar-refractivity contribution in [2.24, 2.45) is 0 Å². The van der Waals surface area contributed by atoms with Gasteiger partial charge < -0.3 is 15.0 Å². The number of rotatable bonds is 4. The average molecular weight is 317 g/mol. The fourth-order valence-electron chi connectivity index (χ4n) is 3.38. The highest BCUT2D eigenvalue weighted by atomic mass is 16.5. The summed E-state index contributed by atoms with van der Waals surface area (Å²) in [5, 5.41) is 3.11. The van der Waals surface area contributed by atoms with Crippen LogP contribution >= 0.6 is 0 Å². The van der Waals surface area contributed by atoms with Crippen LogP contribution in [-0.2, 0) is 14.3 Å². The van der Waals surface area contributed by atoms with Crippen LogP contribution in [0.2, 0.25) is 0 Å². The molecule has 2 aliphatic rings. The number of nitrogens with zero attached hydrogens (tertiary/aromatic N) is 2. The molecule has 3 rings (SSSR count). The molecular formula is C17H23N3O3. The number of amides is 2. The van der Waals surface area contributed by atoms with Crippen LogP contribution in [-0.4, -0.2) is 67.6 Å². The Morgan fingerprint density at radius 1 is 1.30 bits per heavy atom. The third kappa shape index (κ3) is 3.71. The summed E-state index contributed by atoms with van der Waals surface area (Å²) in [7, 11) is 2.08. The fourth-order valence-corrected chi connectivity index (χ4v) is 3.38. The highest BCUT2D eigenvalue weighted by Gasteiger charge is 2.34. The Hall–Kier alpha value is -1.92. The third-order valence-corrected chi connectivity index (χ3v) is 4.55. The van der Waals surface area contributed by atoms with Crippen molar-refractivity contribution in [3.63, 3.8) is 0 Å². The van der Waals surface area contributed by atoms with Gasteiger partial charge in [0, 0.05) is 19.1 Å². The minimum Gasteiger partial charge on any atom is -0.370 e. The molecule has 2 saturated heterocycles. The zero-order chi connectivity index (χ0) is 16.2. The maximum atomic E-state index is 12.3. The molecular weight excluding hydrogens is 294 g/mol. The summed E-state index contributed by atoms with van der Waals surface area (Å²) in [6, 6.07) is 10.5. The number of nitrogens with one attached hydrogen (secondary N) is 1. The lowest BCUT2D eigenvalue weighted by atomic mass is 10.0. The van der Waals surface area contributed by atoms with E-state index in [4.69, 9.17) is 4.74 Å². The van der Waals surface area contributed by atoms with Crippen molar-refractivity contribution < 1.29 is 14.3 Å². The zero-order valence-corrected chi connectivity index (χ0v) is 13.4. The summed E-state index contributed by atoms with van der Waals surface area (Å²) < 4.78 is 5.09. The molecule has 23 heavy (non-hydrogen) atoms. The zero-order valence-electron chi connectivity index (χ0n) is 13.4. The van der Waals surface area contributed by atoms with Crippen molar-refractivity contribution in [2.45, 2.75) is 18.5 Å². The quantitative estimate of drug-likeness (QED) is 0.874. The third-order valence-electron chi connectivity index (χ3n) is 4.55. The van der Waals surface area contributed by atoms with Crippen LogP contribution in [0.15, 0.2) is 30.3 Å². The molecule has 0 aromatic heterocycles. The predicted molar refractivity (Wildman–Crippen MR) is 85.8 cm³/mol. The lowest BCUT2D eigenvalue weighted by molar-refractivity contribution is -0.146. The van der Waals surface area contributed by atoms with Crippen molar-refractivity contribution in [2.75, 3.05) is 39.9 Å². The summed E-state index contributed by atoms with van der Waals surface area (Å²) in [5.74, 6) is -0.212. The van der Waals surface area contributed by atoms with Crippen LogP contribution in [0.1, 0.15) is 18.0 Å². The molecule has 0 saturated carbocycles. The van der Waals surface area contributed by atoms with E-state index in [2.05, 4.69) is 29.4 Å². The molecule has 1 aromatic carbocycles. The molecule has 124 valence electrons. The molecule has 0 radical (unpaired) electrons. The number of ether oxygens (including phenoxy) is 1. The number of morpholine rings is 1. The molecule has 6 heteroatoms. The Kier molecular flexibility index (Phi) is 4.93. The van der Waals surface area contributed by atoms with E-state index >= 15 is 0 Å². The Labute approximate surface area is 136 Å². The van der Waals surface area contributed by atoms with Crippen molar-refractivity contribution in [1.82, 2.24) is 15.1 Å². The normalized spacial score (nSPS) is 25.6. The maximum Gasteiger partial charge on any atom is 0.249 e. The molecule has 0 unspecified atom stereocenters. The van der Waals surface area contributed by atoms with Crippen LogP contribution < -0.4 is 5.32 Å². The molecule has 0 bridgehead atoms. The molecule has 0 spiro atoms. The Morgan fingerprint density at radius 3 is 2.83 bits per heavy atom. The number of hydrogen-bond acceptors (Lipinski definition) is 4. The van der Waals surface area contributed by atoms with Crippen LogP contribution in [0.5, 0.6) is 0 Å². The molecule has 0 aliphatic carbocycles. The fraction of sp³-hybridized carbons (Fsp3) is 0.529. The minimum atomic E-state index is -0.116. The van der Waals surface area contributed by atoms with Gasteiger partial charge in [-0.05, 0) is 19.0 Å². The Balaban J connectivity index is 1.62. The molecule has 2 fully saturated rings. The van der Waals surface area contributed by atoms with Gasteiger partial charge in [0.05, 0.1) is 19.2 Å². The maximum absolute atomic E-state index is 12.3. The summed E-state index contributed by atoms with van der Waals surface area (Å²) in [6.45, 7) is 2.12. The van der Waals surface area contributed by atoms with Crippen molar-refractivity contribution in [3.8, 4) is 0 Å². The Bertz CT molecular complexity index is 563. The first-order valence-corrected chi connectivity index (χ1v) is 8.05. The topological polar surface area (TPSA) is 61.9 Å². The standard InChI is InChI=1S/C17H23N3O3/c1-19-8-7-14(17(19)13-5-3-2-4-6-13)18-15(21)11-20-9-10-23-12-16(20)22/h2-6,14,17H,7-12H2,1H3,(H,18,21)/t14-,17+/m1/s1. The smallest absolute Gasteiger partial charge is 0.249 e. The number of carbonyl (C=O) groups is 2. The largest absolute Gasteiger partial charge is 0.370 e. The van der Waals surface area contributed by atoms with E-state index in [1.807, 2.05) is 18.2 Å². The van der Waals surface area contributed by atoms with Gasteiger partial charge in [-0.1, -0.05) is 30.3 Å². The van der Waals surface area contributed by atoms with Gasteiger partial charge in [0.15, 0.2) is 0 Å². The van der Waals surface area contributed by atoms with Gasteiger partial charge in [-0.25, -0.2) is 0 Å². The second kappa shape index (κ2) is 7.10. The number of likely N-dealkylation sites (N-methyl/N-ethyl adjacent to an activating group) is 1. The van der Waals surface area contributed by atoms with E-state index in [1.54, 1.807) is 4.90 Å². The molecule has 1 N–H and O–H groups in total. The lowest BCUT2D eigenvalue weighted by Crippen LogP contribution is -2.49.